The molecule has 1 aromatic carbocycles. The van der Waals surface area contributed by atoms with Crippen molar-refractivity contribution in [2.45, 2.75) is 6.61 Å². The summed E-state index contributed by atoms with van der Waals surface area (Å²) in [5, 5.41) is 0.591. The van der Waals surface area contributed by atoms with Gasteiger partial charge in [0.05, 0.1) is 19.9 Å². The Kier molecular flexibility index (Phi) is 5.51. The summed E-state index contributed by atoms with van der Waals surface area (Å²) in [6.07, 6.45) is 4.45. The van der Waals surface area contributed by atoms with Crippen LogP contribution in [0, 0.1) is 0 Å². The maximum absolute atomic E-state index is 12.0. The summed E-state index contributed by atoms with van der Waals surface area (Å²) in [5.41, 5.74) is 0.902. The number of hydrogen-bond acceptors (Lipinski definition) is 7. The molecule has 27 heavy (non-hydrogen) atoms. The molecule has 0 N–H and O–H groups in total. The summed E-state index contributed by atoms with van der Waals surface area (Å²) in [4.78, 5) is 27.8. The Morgan fingerprint density at radius 3 is 2.63 bits per heavy atom. The Morgan fingerprint density at radius 1 is 1.15 bits per heavy atom. The van der Waals surface area contributed by atoms with Gasteiger partial charge in [0.15, 0.2) is 11.5 Å². The van der Waals surface area contributed by atoms with E-state index in [1.54, 1.807) is 36.5 Å². The van der Waals surface area contributed by atoms with E-state index >= 15 is 0 Å². The van der Waals surface area contributed by atoms with Crippen molar-refractivity contribution in [1.29, 1.82) is 0 Å². The third kappa shape index (κ3) is 4.33. The van der Waals surface area contributed by atoms with Gasteiger partial charge in [0, 0.05) is 35.4 Å². The van der Waals surface area contributed by atoms with Gasteiger partial charge in [-0.3, -0.25) is 4.98 Å². The summed E-state index contributed by atoms with van der Waals surface area (Å²) in [6.45, 7) is -0.0943. The molecule has 3 aromatic rings. The van der Waals surface area contributed by atoms with E-state index in [0.29, 0.717) is 33.7 Å². The van der Waals surface area contributed by atoms with Crippen LogP contribution in [0.25, 0.3) is 17.0 Å². The van der Waals surface area contributed by atoms with Crippen LogP contribution in [0.2, 0.25) is 0 Å². The van der Waals surface area contributed by atoms with Crippen LogP contribution < -0.4 is 15.1 Å². The molecule has 2 aromatic heterocycles. The molecule has 7 nitrogen and oxygen atoms in total. The summed E-state index contributed by atoms with van der Waals surface area (Å²) in [7, 11) is 2.99. The van der Waals surface area contributed by atoms with Gasteiger partial charge in [0.25, 0.3) is 0 Å². The van der Waals surface area contributed by atoms with Crippen LogP contribution in [-0.4, -0.2) is 25.2 Å². The molecule has 2 heterocycles. The molecule has 138 valence electrons. The van der Waals surface area contributed by atoms with Crippen LogP contribution in [0.3, 0.4) is 0 Å². The van der Waals surface area contributed by atoms with Gasteiger partial charge in [0.2, 0.25) is 0 Å². The number of fused-ring (bicyclic) bond motifs is 1. The standard InChI is InChI=1S/C20H17NO6/c1-24-17-10-15-13(9-20(23)27-16(15)11-18(17)25-2)12-26-19(22)7-6-14-5-3-4-8-21-14/h3-11H,12H2,1-2H3. The van der Waals surface area contributed by atoms with E-state index in [1.807, 2.05) is 6.07 Å². The first-order chi connectivity index (χ1) is 13.1. The minimum atomic E-state index is -0.553. The predicted molar refractivity (Wildman–Crippen MR) is 98.7 cm³/mol. The first-order valence-corrected chi connectivity index (χ1v) is 8.05. The van der Waals surface area contributed by atoms with Crippen molar-refractivity contribution < 1.29 is 23.4 Å². The molecule has 0 aliphatic rings. The zero-order valence-corrected chi connectivity index (χ0v) is 14.8. The normalized spacial score (nSPS) is 10.9. The second-order valence-electron chi connectivity index (χ2n) is 5.49. The number of nitrogens with zero attached hydrogens (tertiary/aromatic N) is 1. The highest BCUT2D eigenvalue weighted by atomic mass is 16.5. The zero-order valence-electron chi connectivity index (χ0n) is 14.8. The molecule has 0 bridgehead atoms. The summed E-state index contributed by atoms with van der Waals surface area (Å²) >= 11 is 0. The second-order valence-corrected chi connectivity index (χ2v) is 5.49. The molecule has 0 saturated heterocycles. The van der Waals surface area contributed by atoms with Crippen molar-refractivity contribution >= 4 is 23.0 Å². The molecule has 0 unspecified atom stereocenters. The fraction of sp³-hybridized carbons (Fsp3) is 0.150. The van der Waals surface area contributed by atoms with E-state index in [4.69, 9.17) is 18.6 Å². The number of hydrogen-bond donors (Lipinski definition) is 0. The van der Waals surface area contributed by atoms with Gasteiger partial charge < -0.3 is 18.6 Å². The van der Waals surface area contributed by atoms with Gasteiger partial charge in [-0.2, -0.15) is 0 Å². The largest absolute Gasteiger partial charge is 0.493 e. The molecule has 3 rings (SSSR count). The summed E-state index contributed by atoms with van der Waals surface area (Å²) in [6, 6.07) is 9.87. The van der Waals surface area contributed by atoms with Crippen molar-refractivity contribution in [3.05, 3.63) is 70.3 Å². The molecule has 0 amide bonds. The lowest BCUT2D eigenvalue weighted by Crippen LogP contribution is -2.06. The third-order valence-corrected chi connectivity index (χ3v) is 3.78. The lowest BCUT2D eigenvalue weighted by atomic mass is 10.1. The third-order valence-electron chi connectivity index (χ3n) is 3.78. The van der Waals surface area contributed by atoms with Crippen molar-refractivity contribution in [2.24, 2.45) is 0 Å². The number of carbonyl (C=O) groups is 1. The molecule has 0 aliphatic carbocycles. The van der Waals surface area contributed by atoms with E-state index in [0.717, 1.165) is 0 Å². The number of carbonyl (C=O) groups excluding carboxylic acids is 1. The fourth-order valence-corrected chi connectivity index (χ4v) is 2.50. The number of ether oxygens (including phenoxy) is 3. The minimum Gasteiger partial charge on any atom is -0.493 e. The van der Waals surface area contributed by atoms with Gasteiger partial charge >= 0.3 is 11.6 Å². The Bertz CT molecular complexity index is 1040. The molecule has 0 aliphatic heterocycles. The van der Waals surface area contributed by atoms with Gasteiger partial charge in [-0.15, -0.1) is 0 Å². The number of aromatic nitrogens is 1. The van der Waals surface area contributed by atoms with Crippen LogP contribution >= 0.6 is 0 Å². The predicted octanol–water partition coefficient (Wildman–Crippen LogP) is 2.96. The number of esters is 1. The smallest absolute Gasteiger partial charge is 0.336 e. The van der Waals surface area contributed by atoms with Gasteiger partial charge in [-0.25, -0.2) is 9.59 Å². The number of rotatable bonds is 6. The summed E-state index contributed by atoms with van der Waals surface area (Å²) in [5.74, 6) is 0.351. The highest BCUT2D eigenvalue weighted by molar-refractivity contribution is 5.87. The first-order valence-electron chi connectivity index (χ1n) is 8.05. The molecule has 7 heteroatoms. The molecular formula is C20H17NO6. The minimum absolute atomic E-state index is 0.0943. The van der Waals surface area contributed by atoms with Crippen LogP contribution in [0.4, 0.5) is 0 Å². The molecule has 0 spiro atoms. The van der Waals surface area contributed by atoms with Crippen LogP contribution in [0.15, 0.2) is 57.9 Å². The topological polar surface area (TPSA) is 87.9 Å². The quantitative estimate of drug-likeness (QED) is 0.376. The Morgan fingerprint density at radius 2 is 1.93 bits per heavy atom. The maximum Gasteiger partial charge on any atom is 0.336 e. The number of benzene rings is 1. The average Bonchev–Trinajstić information content (AvgIpc) is 2.70. The molecular weight excluding hydrogens is 350 g/mol. The van der Waals surface area contributed by atoms with Crippen molar-refractivity contribution in [3.63, 3.8) is 0 Å². The monoisotopic (exact) mass is 367 g/mol. The molecule has 0 radical (unpaired) electrons. The molecule has 0 atom stereocenters. The van der Waals surface area contributed by atoms with Crippen LogP contribution in [-0.2, 0) is 16.1 Å². The van der Waals surface area contributed by atoms with E-state index in [9.17, 15) is 9.59 Å². The number of pyridine rings is 1. The lowest BCUT2D eigenvalue weighted by molar-refractivity contribution is -0.138. The Labute approximate surface area is 154 Å². The highest BCUT2D eigenvalue weighted by Crippen LogP contribution is 2.33. The van der Waals surface area contributed by atoms with Crippen molar-refractivity contribution in [2.75, 3.05) is 14.2 Å². The number of methoxy groups -OCH3 is 2. The van der Waals surface area contributed by atoms with Crippen molar-refractivity contribution in [1.82, 2.24) is 4.98 Å². The highest BCUT2D eigenvalue weighted by Gasteiger charge is 2.13. The van der Waals surface area contributed by atoms with Crippen LogP contribution in [0.1, 0.15) is 11.3 Å². The Hall–Kier alpha value is -3.61. The fourth-order valence-electron chi connectivity index (χ4n) is 2.50. The molecule has 0 saturated carbocycles. The first kappa shape index (κ1) is 18.2. The van der Waals surface area contributed by atoms with E-state index < -0.39 is 11.6 Å². The average molecular weight is 367 g/mol. The van der Waals surface area contributed by atoms with Gasteiger partial charge in [0.1, 0.15) is 12.2 Å². The van der Waals surface area contributed by atoms with E-state index in [-0.39, 0.29) is 6.61 Å². The van der Waals surface area contributed by atoms with Crippen LogP contribution in [0.5, 0.6) is 11.5 Å². The maximum atomic E-state index is 12.0. The van der Waals surface area contributed by atoms with Gasteiger partial charge in [-0.05, 0) is 24.3 Å². The van der Waals surface area contributed by atoms with Crippen molar-refractivity contribution in [3.8, 4) is 11.5 Å². The zero-order chi connectivity index (χ0) is 19.2. The SMILES string of the molecule is COc1cc2oc(=O)cc(COC(=O)C=Cc3ccccn3)c2cc1OC. The van der Waals surface area contributed by atoms with E-state index in [1.165, 1.54) is 26.4 Å². The van der Waals surface area contributed by atoms with E-state index in [2.05, 4.69) is 4.98 Å². The lowest BCUT2D eigenvalue weighted by Gasteiger charge is -2.11. The Balaban J connectivity index is 1.82. The summed E-state index contributed by atoms with van der Waals surface area (Å²) < 4.78 is 20.9. The van der Waals surface area contributed by atoms with Gasteiger partial charge in [-0.1, -0.05) is 6.07 Å². The molecule has 0 fully saturated rings. The second kappa shape index (κ2) is 8.18.